The second-order valence-corrected chi connectivity index (χ2v) is 7.09. The highest BCUT2D eigenvalue weighted by Gasteiger charge is 2.33. The van der Waals surface area contributed by atoms with E-state index in [0.29, 0.717) is 11.5 Å². The first-order valence-corrected chi connectivity index (χ1v) is 8.77. The van der Waals surface area contributed by atoms with E-state index >= 15 is 0 Å². The predicted molar refractivity (Wildman–Crippen MR) is 100 cm³/mol. The summed E-state index contributed by atoms with van der Waals surface area (Å²) in [5.74, 6) is 0.755. The summed E-state index contributed by atoms with van der Waals surface area (Å²) in [6.45, 7) is 18.0. The van der Waals surface area contributed by atoms with Gasteiger partial charge in [-0.05, 0) is 38.2 Å². The molecule has 3 nitrogen and oxygen atoms in total. The minimum atomic E-state index is -3.45. The average Bonchev–Trinajstić information content (AvgIpc) is 2.50. The molecule has 0 aromatic carbocycles. The third-order valence-corrected chi connectivity index (χ3v) is 4.65. The Labute approximate surface area is 139 Å². The van der Waals surface area contributed by atoms with Gasteiger partial charge in [0.1, 0.15) is 11.5 Å². The number of hydrogen-bond acceptors (Lipinski definition) is 3. The van der Waals surface area contributed by atoms with E-state index in [2.05, 4.69) is 26.3 Å². The Morgan fingerprint density at radius 1 is 0.826 bits per heavy atom. The Balaban J connectivity index is 5.59. The summed E-state index contributed by atoms with van der Waals surface area (Å²) < 4.78 is 24.4. The van der Waals surface area contributed by atoms with Crippen molar-refractivity contribution in [2.45, 2.75) is 19.5 Å². The van der Waals surface area contributed by atoms with Crippen LogP contribution in [0.2, 0.25) is 0 Å². The molecular weight excluding hydrogens is 307 g/mol. The van der Waals surface area contributed by atoms with Crippen LogP contribution in [-0.2, 0) is 13.6 Å². The summed E-state index contributed by atoms with van der Waals surface area (Å²) in [6.07, 6.45) is 16.1. The second kappa shape index (κ2) is 11.3. The average molecular weight is 332 g/mol. The van der Waals surface area contributed by atoms with Crippen molar-refractivity contribution < 1.29 is 13.6 Å². The Hall–Kier alpha value is -2.25. The van der Waals surface area contributed by atoms with Gasteiger partial charge in [0.25, 0.3) is 0 Å². The Morgan fingerprint density at radius 3 is 1.48 bits per heavy atom. The molecule has 0 aliphatic carbocycles. The molecule has 0 radical (unpaired) electrons. The molecule has 23 heavy (non-hydrogen) atoms. The van der Waals surface area contributed by atoms with Crippen molar-refractivity contribution in [2.24, 2.45) is 0 Å². The minimum absolute atomic E-state index is 0.349. The van der Waals surface area contributed by atoms with Crippen molar-refractivity contribution in [1.82, 2.24) is 0 Å². The largest absolute Gasteiger partial charge is 0.433 e. The fraction of sp³-hybridized carbons (Fsp3) is 0.158. The summed E-state index contributed by atoms with van der Waals surface area (Å²) in [6, 6.07) is 0. The summed E-state index contributed by atoms with van der Waals surface area (Å²) >= 11 is 0. The zero-order valence-corrected chi connectivity index (χ0v) is 14.7. The molecule has 0 heterocycles. The standard InChI is InChI=1S/C19H25O3P/c1-7-11-15-18(13-9-3)21-23(20,17(5)6)22-19(14-10-4)16-12-8-2/h7-17H,1-4H2,5-6H3/b15-11-,16-12-,18-13+,19-14+. The van der Waals surface area contributed by atoms with Crippen LogP contribution in [0.1, 0.15) is 13.8 Å². The van der Waals surface area contributed by atoms with Gasteiger partial charge < -0.3 is 9.05 Å². The molecule has 0 aliphatic rings. The molecule has 0 N–H and O–H groups in total. The SMILES string of the molecule is C=C/C=C\C(=C/C=C)OP(=O)(OC(/C=C\C=C)=C/C=C)C(C)C. The van der Waals surface area contributed by atoms with Crippen molar-refractivity contribution in [1.29, 1.82) is 0 Å². The van der Waals surface area contributed by atoms with Crippen LogP contribution in [0.4, 0.5) is 0 Å². The van der Waals surface area contributed by atoms with E-state index in [1.54, 1.807) is 74.6 Å². The van der Waals surface area contributed by atoms with Gasteiger partial charge >= 0.3 is 7.60 Å². The van der Waals surface area contributed by atoms with Gasteiger partial charge in [-0.3, -0.25) is 0 Å². The first-order valence-electron chi connectivity index (χ1n) is 7.16. The number of hydrogen-bond donors (Lipinski definition) is 0. The van der Waals surface area contributed by atoms with E-state index < -0.39 is 7.60 Å². The van der Waals surface area contributed by atoms with Crippen LogP contribution in [0.3, 0.4) is 0 Å². The lowest BCUT2D eigenvalue weighted by molar-refractivity contribution is 0.294. The molecule has 0 saturated heterocycles. The Kier molecular flexibility index (Phi) is 10.2. The van der Waals surface area contributed by atoms with E-state index in [-0.39, 0.29) is 5.66 Å². The van der Waals surface area contributed by atoms with Crippen LogP contribution in [0.15, 0.2) is 98.6 Å². The van der Waals surface area contributed by atoms with Crippen molar-refractivity contribution in [2.75, 3.05) is 0 Å². The van der Waals surface area contributed by atoms with Crippen molar-refractivity contribution in [3.05, 3.63) is 98.6 Å². The zero-order valence-electron chi connectivity index (χ0n) is 13.9. The van der Waals surface area contributed by atoms with Crippen LogP contribution >= 0.6 is 7.60 Å². The summed E-state index contributed by atoms with van der Waals surface area (Å²) in [5, 5.41) is 0. The van der Waals surface area contributed by atoms with E-state index in [4.69, 9.17) is 9.05 Å². The molecule has 0 amide bonds. The zero-order chi connectivity index (χ0) is 17.7. The fourth-order valence-corrected chi connectivity index (χ4v) is 2.60. The van der Waals surface area contributed by atoms with Gasteiger partial charge in [-0.2, -0.15) is 0 Å². The third kappa shape index (κ3) is 8.08. The molecule has 0 aromatic heterocycles. The second-order valence-electron chi connectivity index (χ2n) is 4.62. The van der Waals surface area contributed by atoms with E-state index in [0.717, 1.165) is 0 Å². The smallest absolute Gasteiger partial charge is 0.416 e. The molecule has 0 aliphatic heterocycles. The highest BCUT2D eigenvalue weighted by molar-refractivity contribution is 7.54. The minimum Gasteiger partial charge on any atom is -0.416 e. The monoisotopic (exact) mass is 332 g/mol. The number of allylic oxidation sites excluding steroid dienone is 10. The van der Waals surface area contributed by atoms with E-state index in [1.807, 2.05) is 0 Å². The van der Waals surface area contributed by atoms with Crippen LogP contribution in [0.5, 0.6) is 0 Å². The van der Waals surface area contributed by atoms with Gasteiger partial charge in [-0.1, -0.05) is 62.8 Å². The molecule has 0 atom stereocenters. The summed E-state index contributed by atoms with van der Waals surface area (Å²) in [4.78, 5) is 0. The maximum Gasteiger partial charge on any atom is 0.433 e. The Bertz CT molecular complexity index is 544. The fourth-order valence-electron chi connectivity index (χ4n) is 1.31. The van der Waals surface area contributed by atoms with Gasteiger partial charge in [0.2, 0.25) is 0 Å². The third-order valence-electron chi connectivity index (χ3n) is 2.46. The molecule has 0 aromatic rings. The summed E-state index contributed by atoms with van der Waals surface area (Å²) in [5.41, 5.74) is -0.349. The van der Waals surface area contributed by atoms with Gasteiger partial charge in [0.15, 0.2) is 0 Å². The first-order chi connectivity index (χ1) is 10.9. The highest BCUT2D eigenvalue weighted by atomic mass is 31.2. The van der Waals surface area contributed by atoms with Crippen molar-refractivity contribution in [3.63, 3.8) is 0 Å². The van der Waals surface area contributed by atoms with Crippen molar-refractivity contribution in [3.8, 4) is 0 Å². The first kappa shape index (κ1) is 20.8. The lowest BCUT2D eigenvalue weighted by Crippen LogP contribution is -2.05. The Morgan fingerprint density at radius 2 is 1.22 bits per heavy atom. The number of rotatable bonds is 11. The normalized spacial score (nSPS) is 15.4. The van der Waals surface area contributed by atoms with E-state index in [9.17, 15) is 4.57 Å². The van der Waals surface area contributed by atoms with Gasteiger partial charge in [0.05, 0.1) is 5.66 Å². The molecule has 0 saturated carbocycles. The quantitative estimate of drug-likeness (QED) is 0.255. The van der Waals surface area contributed by atoms with Crippen LogP contribution in [0, 0.1) is 0 Å². The van der Waals surface area contributed by atoms with Gasteiger partial charge in [-0.25, -0.2) is 4.57 Å². The van der Waals surface area contributed by atoms with Crippen molar-refractivity contribution >= 4 is 7.60 Å². The highest BCUT2D eigenvalue weighted by Crippen LogP contribution is 2.56. The van der Waals surface area contributed by atoms with Gasteiger partial charge in [0, 0.05) is 0 Å². The van der Waals surface area contributed by atoms with Crippen LogP contribution in [-0.4, -0.2) is 5.66 Å². The molecule has 0 spiro atoms. The maximum absolute atomic E-state index is 13.1. The lowest BCUT2D eigenvalue weighted by Gasteiger charge is -2.23. The summed E-state index contributed by atoms with van der Waals surface area (Å²) in [7, 11) is -3.45. The van der Waals surface area contributed by atoms with E-state index in [1.165, 1.54) is 0 Å². The molecule has 124 valence electrons. The molecule has 0 bridgehead atoms. The van der Waals surface area contributed by atoms with Gasteiger partial charge in [-0.15, -0.1) is 0 Å². The maximum atomic E-state index is 13.1. The molecule has 4 heteroatoms. The topological polar surface area (TPSA) is 35.5 Å². The van der Waals surface area contributed by atoms with Crippen LogP contribution < -0.4 is 0 Å². The molecule has 0 unspecified atom stereocenters. The lowest BCUT2D eigenvalue weighted by atomic mass is 10.4. The molecular formula is C19H25O3P. The molecule has 0 fully saturated rings. The van der Waals surface area contributed by atoms with Crippen LogP contribution in [0.25, 0.3) is 0 Å². The predicted octanol–water partition coefficient (Wildman–Crippen LogP) is 6.25. The molecule has 0 rings (SSSR count).